The Morgan fingerprint density at radius 2 is 0.681 bits per heavy atom. The van der Waals surface area contributed by atoms with Gasteiger partial charge >= 0.3 is 11.9 Å². The van der Waals surface area contributed by atoms with E-state index in [1.807, 2.05) is 66.7 Å². The van der Waals surface area contributed by atoms with E-state index in [1.165, 1.54) is 0 Å². The first-order chi connectivity index (χ1) is 35.3. The maximum absolute atomic E-state index is 6.89. The van der Waals surface area contributed by atoms with Crippen molar-refractivity contribution in [2.24, 2.45) is 0 Å². The molecule has 8 bridgehead atoms. The summed E-state index contributed by atoms with van der Waals surface area (Å²) < 4.78 is 81.4. The number of ether oxygens (including phenoxy) is 12. The average molecular weight is 974 g/mol. The first-order valence-electron chi connectivity index (χ1n) is 26.3. The smallest absolute Gasteiger partial charge is 0.355 e. The van der Waals surface area contributed by atoms with E-state index in [2.05, 4.69) is 35.8 Å². The molecule has 12 saturated heterocycles. The van der Waals surface area contributed by atoms with Gasteiger partial charge < -0.3 is 56.8 Å². The van der Waals surface area contributed by atoms with Crippen molar-refractivity contribution >= 4 is 0 Å². The van der Waals surface area contributed by atoms with Crippen LogP contribution < -0.4 is 0 Å². The van der Waals surface area contributed by atoms with Crippen molar-refractivity contribution in [3.05, 3.63) is 90.3 Å². The van der Waals surface area contributed by atoms with Crippen LogP contribution >= 0.6 is 0 Å². The van der Waals surface area contributed by atoms with Crippen molar-refractivity contribution in [3.8, 4) is 57.6 Å². The monoisotopic (exact) mass is 973 g/mol. The standard InChI is InChI=1S/C57H55N3O12/c1-2-12-36(13-3-1)37-34-42(40-16-4-14-38(58-40)18-26-56-67-44-50(20-6-28-61-50)45(68-56)52(22-8-30-63-52)46(69-56)51(44)21-7-29-62-51)60-43(35-37)41-17-5-15-39(59-41)19-27-57-70-47-53(23-9-31-64-53)48(71-57)55(25-11-33-66-55)49(72-57)54(47)24-10-32-65-54/h1-5,12-17,34-35,44-49H,6-11,20-25,28-33H2. The summed E-state index contributed by atoms with van der Waals surface area (Å²) in [6, 6.07) is 25.8. The van der Waals surface area contributed by atoms with Crippen LogP contribution in [0.25, 0.3) is 33.9 Å². The Hall–Kier alpha value is -4.69. The fourth-order valence-electron chi connectivity index (χ4n) is 15.5. The molecule has 12 aliphatic heterocycles. The molecule has 72 heavy (non-hydrogen) atoms. The molecule has 0 atom stereocenters. The van der Waals surface area contributed by atoms with Gasteiger partial charge in [-0.25, -0.2) is 15.0 Å². The van der Waals surface area contributed by atoms with E-state index in [0.29, 0.717) is 73.8 Å². The largest absolute Gasteiger partial charge is 0.369 e. The van der Waals surface area contributed by atoms with Crippen LogP contribution in [-0.4, -0.2) is 137 Å². The van der Waals surface area contributed by atoms with E-state index in [9.17, 15) is 0 Å². The minimum Gasteiger partial charge on any atom is -0.369 e. The van der Waals surface area contributed by atoms with Gasteiger partial charge in [-0.3, -0.25) is 0 Å². The number of pyridine rings is 3. The highest BCUT2D eigenvalue weighted by Crippen LogP contribution is 2.68. The fraction of sp³-hybridized carbons (Fsp3) is 0.561. The first kappa shape index (κ1) is 43.7. The second kappa shape index (κ2) is 15.4. The summed E-state index contributed by atoms with van der Waals surface area (Å²) in [5.41, 5.74) is 1.33. The highest BCUT2D eigenvalue weighted by atomic mass is 16.9. The molecular weight excluding hydrogens is 919 g/mol. The number of rotatable bonds is 3. The Balaban J connectivity index is 0.729. The van der Waals surface area contributed by atoms with E-state index in [0.717, 1.165) is 88.2 Å². The van der Waals surface area contributed by atoms with Gasteiger partial charge in [0.1, 0.15) is 81.6 Å². The first-order valence-corrected chi connectivity index (χ1v) is 26.3. The topological polar surface area (TPSA) is 149 Å². The zero-order valence-corrected chi connectivity index (χ0v) is 39.9. The Bertz CT molecular complexity index is 2620. The van der Waals surface area contributed by atoms with Crippen molar-refractivity contribution < 1.29 is 56.8 Å². The van der Waals surface area contributed by atoms with Crippen LogP contribution in [0.15, 0.2) is 78.9 Å². The molecule has 14 fully saturated rings. The Morgan fingerprint density at radius 1 is 0.347 bits per heavy atom. The van der Waals surface area contributed by atoms with E-state index < -0.39 is 82.2 Å². The van der Waals surface area contributed by atoms with Crippen molar-refractivity contribution in [3.63, 3.8) is 0 Å². The van der Waals surface area contributed by atoms with Gasteiger partial charge in [-0.15, -0.1) is 0 Å². The average Bonchev–Trinajstić information content (AvgIpc) is 4.30. The molecule has 1 aromatic carbocycles. The SMILES string of the molecule is C(#CC12OC3C4(CCCO4)C(O1)C1(CCCO1)C(O2)C31CCCO1)c1cccc(-c2cc(-c3ccccc3)cc(-c3cccc(C#CC45OC6C7(CCCO7)C(O4)C4(CCCO4)C(O5)C64CCCO4)n3)n2)n1. The van der Waals surface area contributed by atoms with Gasteiger partial charge in [0.25, 0.3) is 0 Å². The minimum atomic E-state index is -1.63. The third kappa shape index (κ3) is 5.83. The molecule has 15 heterocycles. The van der Waals surface area contributed by atoms with Gasteiger partial charge in [-0.1, -0.05) is 42.5 Å². The molecule has 3 aromatic heterocycles. The summed E-state index contributed by atoms with van der Waals surface area (Å²) in [6.07, 6.45) is 7.79. The normalized spacial score (nSPS) is 44.3. The molecule has 0 radical (unpaired) electrons. The number of benzene rings is 1. The molecule has 2 aliphatic carbocycles. The summed E-state index contributed by atoms with van der Waals surface area (Å²) >= 11 is 0. The third-order valence-corrected chi connectivity index (χ3v) is 18.1. The number of aromatic nitrogens is 3. The van der Waals surface area contributed by atoms with Crippen molar-refractivity contribution in [2.75, 3.05) is 39.6 Å². The van der Waals surface area contributed by atoms with Crippen LogP contribution in [0.5, 0.6) is 0 Å². The molecule has 2 saturated carbocycles. The molecule has 0 amide bonds. The highest BCUT2D eigenvalue weighted by molar-refractivity contribution is 5.75. The second-order valence-electron chi connectivity index (χ2n) is 21.8. The van der Waals surface area contributed by atoms with Crippen molar-refractivity contribution in [1.29, 1.82) is 0 Å². The summed E-state index contributed by atoms with van der Waals surface area (Å²) in [7, 11) is 0. The lowest BCUT2D eigenvalue weighted by molar-refractivity contribution is -0.562. The van der Waals surface area contributed by atoms with Gasteiger partial charge in [-0.2, -0.15) is 0 Å². The van der Waals surface area contributed by atoms with Crippen LogP contribution in [0, 0.1) is 23.7 Å². The fourth-order valence-corrected chi connectivity index (χ4v) is 15.5. The summed E-state index contributed by atoms with van der Waals surface area (Å²) in [5, 5.41) is 0. The van der Waals surface area contributed by atoms with E-state index >= 15 is 0 Å². The lowest BCUT2D eigenvalue weighted by Gasteiger charge is -2.71. The molecule has 4 aromatic rings. The predicted octanol–water partition coefficient (Wildman–Crippen LogP) is 6.57. The van der Waals surface area contributed by atoms with E-state index in [1.54, 1.807) is 0 Å². The maximum Gasteiger partial charge on any atom is 0.355 e. The number of hydrogen-bond acceptors (Lipinski definition) is 15. The van der Waals surface area contributed by atoms with Crippen LogP contribution in [0.4, 0.5) is 0 Å². The Kier molecular flexibility index (Phi) is 9.37. The number of nitrogens with zero attached hydrogens (tertiary/aromatic N) is 3. The van der Waals surface area contributed by atoms with E-state index in [-0.39, 0.29) is 0 Å². The molecule has 0 unspecified atom stereocenters. The number of hydrogen-bond donors (Lipinski definition) is 0. The quantitative estimate of drug-likeness (QED) is 0.204. The zero-order chi connectivity index (χ0) is 47.4. The Morgan fingerprint density at radius 3 is 0.986 bits per heavy atom. The van der Waals surface area contributed by atoms with Gasteiger partial charge in [-0.05, 0) is 136 Å². The Labute approximate surface area is 417 Å². The molecule has 370 valence electrons. The highest BCUT2D eigenvalue weighted by Gasteiger charge is 2.86. The van der Waals surface area contributed by atoms with Crippen LogP contribution in [0.3, 0.4) is 0 Å². The predicted molar refractivity (Wildman–Crippen MR) is 252 cm³/mol. The molecular formula is C57H55N3O12. The molecule has 15 heteroatoms. The summed E-state index contributed by atoms with van der Waals surface area (Å²) in [4.78, 5) is 15.3. The van der Waals surface area contributed by atoms with Gasteiger partial charge in [0.15, 0.2) is 0 Å². The van der Waals surface area contributed by atoms with Crippen LogP contribution in [0.1, 0.15) is 88.4 Å². The van der Waals surface area contributed by atoms with Gasteiger partial charge in [0, 0.05) is 51.5 Å². The third-order valence-electron chi connectivity index (χ3n) is 18.1. The lowest BCUT2D eigenvalue weighted by Crippen LogP contribution is -2.90. The zero-order valence-electron chi connectivity index (χ0n) is 39.9. The van der Waals surface area contributed by atoms with Gasteiger partial charge in [0.05, 0.1) is 22.8 Å². The van der Waals surface area contributed by atoms with Gasteiger partial charge in [0.2, 0.25) is 0 Å². The van der Waals surface area contributed by atoms with E-state index in [4.69, 9.17) is 71.8 Å². The maximum atomic E-state index is 6.89. The summed E-state index contributed by atoms with van der Waals surface area (Å²) in [5.74, 6) is 9.87. The summed E-state index contributed by atoms with van der Waals surface area (Å²) in [6.45, 7) is 3.81. The molecule has 6 spiro atoms. The minimum absolute atomic E-state index is 0.415. The van der Waals surface area contributed by atoms with Crippen LogP contribution in [0.2, 0.25) is 0 Å². The molecule has 0 N–H and O–H groups in total. The van der Waals surface area contributed by atoms with Crippen molar-refractivity contribution in [1.82, 2.24) is 15.0 Å². The molecule has 15 nitrogen and oxygen atoms in total. The van der Waals surface area contributed by atoms with Crippen molar-refractivity contribution in [2.45, 2.75) is 159 Å². The molecule has 18 rings (SSSR count). The van der Waals surface area contributed by atoms with Crippen LogP contribution in [-0.2, 0) is 56.8 Å². The second-order valence-corrected chi connectivity index (χ2v) is 21.8. The molecule has 14 aliphatic rings. The lowest BCUT2D eigenvalue weighted by atomic mass is 9.57.